The van der Waals surface area contributed by atoms with E-state index in [4.69, 9.17) is 0 Å². The summed E-state index contributed by atoms with van der Waals surface area (Å²) in [5, 5.41) is 11.8. The van der Waals surface area contributed by atoms with Crippen molar-refractivity contribution in [1.29, 1.82) is 0 Å². The van der Waals surface area contributed by atoms with Gasteiger partial charge in [-0.25, -0.2) is 0 Å². The molecule has 21 heavy (non-hydrogen) atoms. The molecular weight excluding hydrogens is 350 g/mol. The topological polar surface area (TPSA) is 53.0 Å². The second-order valence-corrected chi connectivity index (χ2v) is 6.83. The number of thioether (sulfide) groups is 1. The van der Waals surface area contributed by atoms with Crippen LogP contribution in [0.15, 0.2) is 27.6 Å². The van der Waals surface area contributed by atoms with Gasteiger partial charge in [0, 0.05) is 26.2 Å². The van der Waals surface area contributed by atoms with E-state index in [0.717, 1.165) is 50.8 Å². The predicted molar refractivity (Wildman–Crippen MR) is 88.5 cm³/mol. The smallest absolute Gasteiger partial charge is 0.0717 e. The standard InChI is InChI=1S/C16H18BrNO2S/c1-3-4-5-12-10(2)18-14-7-6-11(17)8-13(14)16(12)21-9-15(19)20/h6-8H,3-5,9H2,1-2H3,(H,19,20)/p-1. The summed E-state index contributed by atoms with van der Waals surface area (Å²) in [4.78, 5) is 16.5. The first-order valence-corrected chi connectivity index (χ1v) is 8.72. The Balaban J connectivity index is 2.58. The van der Waals surface area contributed by atoms with Gasteiger partial charge >= 0.3 is 0 Å². The maximum absolute atomic E-state index is 10.8. The van der Waals surface area contributed by atoms with Crippen molar-refractivity contribution < 1.29 is 9.90 Å². The lowest BCUT2D eigenvalue weighted by Gasteiger charge is -2.15. The number of benzene rings is 1. The van der Waals surface area contributed by atoms with Crippen molar-refractivity contribution in [2.75, 3.05) is 5.75 Å². The number of carboxylic acid groups (broad SMARTS) is 1. The maximum Gasteiger partial charge on any atom is 0.0717 e. The van der Waals surface area contributed by atoms with Crippen molar-refractivity contribution in [3.63, 3.8) is 0 Å². The van der Waals surface area contributed by atoms with Crippen molar-refractivity contribution >= 4 is 44.6 Å². The van der Waals surface area contributed by atoms with E-state index >= 15 is 0 Å². The van der Waals surface area contributed by atoms with Gasteiger partial charge in [0.1, 0.15) is 0 Å². The van der Waals surface area contributed by atoms with E-state index in [2.05, 4.69) is 27.8 Å². The average Bonchev–Trinajstić information content (AvgIpc) is 2.43. The first kappa shape index (κ1) is 16.3. The van der Waals surface area contributed by atoms with Crippen LogP contribution in [0.2, 0.25) is 0 Å². The first-order valence-electron chi connectivity index (χ1n) is 6.94. The zero-order valence-corrected chi connectivity index (χ0v) is 14.5. The van der Waals surface area contributed by atoms with Gasteiger partial charge in [-0.3, -0.25) is 4.98 Å². The molecule has 1 aromatic heterocycles. The second-order valence-electron chi connectivity index (χ2n) is 4.93. The monoisotopic (exact) mass is 366 g/mol. The number of aromatic nitrogens is 1. The number of fused-ring (bicyclic) bond motifs is 1. The number of unbranched alkanes of at least 4 members (excludes halogenated alkanes) is 1. The molecule has 2 aromatic rings. The highest BCUT2D eigenvalue weighted by Crippen LogP contribution is 2.34. The minimum absolute atomic E-state index is 0.0375. The number of aliphatic carboxylic acids is 1. The molecule has 0 bridgehead atoms. The Bertz CT molecular complexity index is 673. The van der Waals surface area contributed by atoms with Crippen LogP contribution < -0.4 is 5.11 Å². The molecule has 0 aliphatic carbocycles. The van der Waals surface area contributed by atoms with E-state index in [9.17, 15) is 9.90 Å². The Hall–Kier alpha value is -1.07. The molecule has 0 atom stereocenters. The lowest BCUT2D eigenvalue weighted by atomic mass is 10.0. The molecule has 0 aliphatic rings. The molecule has 1 heterocycles. The van der Waals surface area contributed by atoms with E-state index < -0.39 is 5.97 Å². The lowest BCUT2D eigenvalue weighted by molar-refractivity contribution is -0.301. The minimum atomic E-state index is -1.04. The van der Waals surface area contributed by atoms with Gasteiger partial charge in [0.2, 0.25) is 0 Å². The Kier molecular flexibility index (Phi) is 5.65. The largest absolute Gasteiger partial charge is 0.549 e. The molecule has 0 saturated carbocycles. The molecular formula is C16H17BrNO2S-. The number of carboxylic acids is 1. The average molecular weight is 367 g/mol. The van der Waals surface area contributed by atoms with Crippen LogP contribution in [0.25, 0.3) is 10.9 Å². The summed E-state index contributed by atoms with van der Waals surface area (Å²) in [6.45, 7) is 4.14. The molecule has 0 N–H and O–H groups in total. The number of pyridine rings is 1. The van der Waals surface area contributed by atoms with Crippen LogP contribution in [0.5, 0.6) is 0 Å². The van der Waals surface area contributed by atoms with Gasteiger partial charge < -0.3 is 9.90 Å². The van der Waals surface area contributed by atoms with Gasteiger partial charge in [0.05, 0.1) is 11.5 Å². The summed E-state index contributed by atoms with van der Waals surface area (Å²) >= 11 is 4.81. The molecule has 0 spiro atoms. The van der Waals surface area contributed by atoms with Gasteiger partial charge in [0.25, 0.3) is 0 Å². The van der Waals surface area contributed by atoms with Crippen LogP contribution in [0.3, 0.4) is 0 Å². The quantitative estimate of drug-likeness (QED) is 0.734. The lowest BCUT2D eigenvalue weighted by Crippen LogP contribution is -2.24. The Labute approximate surface area is 137 Å². The summed E-state index contributed by atoms with van der Waals surface area (Å²) in [7, 11) is 0. The van der Waals surface area contributed by atoms with Gasteiger partial charge in [0.15, 0.2) is 0 Å². The summed E-state index contributed by atoms with van der Waals surface area (Å²) in [6.07, 6.45) is 3.09. The fourth-order valence-electron chi connectivity index (χ4n) is 2.31. The number of halogens is 1. The summed E-state index contributed by atoms with van der Waals surface area (Å²) in [5.41, 5.74) is 3.05. The Morgan fingerprint density at radius 3 is 2.86 bits per heavy atom. The van der Waals surface area contributed by atoms with Gasteiger partial charge in [-0.2, -0.15) is 0 Å². The van der Waals surface area contributed by atoms with E-state index in [0.29, 0.717) is 0 Å². The second kappa shape index (κ2) is 7.27. The van der Waals surface area contributed by atoms with Crippen molar-refractivity contribution in [2.45, 2.75) is 38.0 Å². The fourth-order valence-corrected chi connectivity index (χ4v) is 3.67. The third-order valence-electron chi connectivity index (χ3n) is 3.32. The molecule has 1 aromatic carbocycles. The Morgan fingerprint density at radius 1 is 1.43 bits per heavy atom. The Morgan fingerprint density at radius 2 is 2.19 bits per heavy atom. The number of carbonyl (C=O) groups is 1. The number of hydrogen-bond donors (Lipinski definition) is 0. The molecule has 112 valence electrons. The van der Waals surface area contributed by atoms with Gasteiger partial charge in [-0.1, -0.05) is 29.3 Å². The molecule has 0 aliphatic heterocycles. The number of nitrogens with zero attached hydrogens (tertiary/aromatic N) is 1. The molecule has 3 nitrogen and oxygen atoms in total. The highest BCUT2D eigenvalue weighted by molar-refractivity contribution is 9.10. The molecule has 0 unspecified atom stereocenters. The van der Waals surface area contributed by atoms with Crippen LogP contribution in [0, 0.1) is 6.92 Å². The molecule has 0 amide bonds. The van der Waals surface area contributed by atoms with E-state index in [1.54, 1.807) is 0 Å². The third-order valence-corrected chi connectivity index (χ3v) is 4.95. The van der Waals surface area contributed by atoms with E-state index in [1.165, 1.54) is 11.8 Å². The zero-order chi connectivity index (χ0) is 15.4. The molecule has 0 saturated heterocycles. The zero-order valence-electron chi connectivity index (χ0n) is 12.1. The van der Waals surface area contributed by atoms with Crippen molar-refractivity contribution in [3.8, 4) is 0 Å². The molecule has 2 rings (SSSR count). The fraction of sp³-hybridized carbons (Fsp3) is 0.375. The van der Waals surface area contributed by atoms with Crippen LogP contribution >= 0.6 is 27.7 Å². The number of carbonyl (C=O) groups excluding carboxylic acids is 1. The van der Waals surface area contributed by atoms with Crippen LogP contribution in [0.1, 0.15) is 31.0 Å². The number of hydrogen-bond acceptors (Lipinski definition) is 4. The minimum Gasteiger partial charge on any atom is -0.549 e. The summed E-state index contributed by atoms with van der Waals surface area (Å²) in [6, 6.07) is 5.92. The SMILES string of the molecule is CCCCc1c(C)nc2ccc(Br)cc2c1SCC(=O)[O-]. The van der Waals surface area contributed by atoms with Gasteiger partial charge in [-0.05, 0) is 43.5 Å². The molecule has 0 fully saturated rings. The third kappa shape index (κ3) is 3.98. The van der Waals surface area contributed by atoms with Gasteiger partial charge in [-0.15, -0.1) is 11.8 Å². The highest BCUT2D eigenvalue weighted by Gasteiger charge is 2.13. The maximum atomic E-state index is 10.8. The van der Waals surface area contributed by atoms with Crippen molar-refractivity contribution in [2.24, 2.45) is 0 Å². The van der Waals surface area contributed by atoms with Crippen LogP contribution in [-0.4, -0.2) is 16.7 Å². The van der Waals surface area contributed by atoms with Crippen molar-refractivity contribution in [3.05, 3.63) is 33.9 Å². The predicted octanol–water partition coefficient (Wildman–Crippen LogP) is 3.49. The van der Waals surface area contributed by atoms with Crippen LogP contribution in [-0.2, 0) is 11.2 Å². The van der Waals surface area contributed by atoms with Crippen LogP contribution in [0.4, 0.5) is 0 Å². The number of rotatable bonds is 6. The molecule has 0 radical (unpaired) electrons. The van der Waals surface area contributed by atoms with E-state index in [-0.39, 0.29) is 5.75 Å². The molecule has 5 heteroatoms. The number of aryl methyl sites for hydroxylation is 1. The summed E-state index contributed by atoms with van der Waals surface area (Å²) < 4.78 is 0.970. The first-order chi connectivity index (χ1) is 10.0. The normalized spacial score (nSPS) is 11.0. The highest BCUT2D eigenvalue weighted by atomic mass is 79.9. The van der Waals surface area contributed by atoms with E-state index in [1.807, 2.05) is 25.1 Å². The van der Waals surface area contributed by atoms with Crippen molar-refractivity contribution in [1.82, 2.24) is 4.98 Å². The summed E-state index contributed by atoms with van der Waals surface area (Å²) in [5.74, 6) is -1.08.